The molecule has 0 bridgehead atoms. The van der Waals surface area contributed by atoms with Gasteiger partial charge >= 0.3 is 31.1 Å². The van der Waals surface area contributed by atoms with Gasteiger partial charge in [0.05, 0.1) is 0 Å². The van der Waals surface area contributed by atoms with E-state index in [2.05, 4.69) is 0 Å². The molecule has 0 aliphatic heterocycles. The summed E-state index contributed by atoms with van der Waals surface area (Å²) in [6.07, 6.45) is -1.98. The molecule has 0 aromatic heterocycles. The molecule has 0 amide bonds. The zero-order chi connectivity index (χ0) is 18.9. The van der Waals surface area contributed by atoms with Crippen LogP contribution < -0.4 is 5.48 Å². The third-order valence-electron chi connectivity index (χ3n) is 2.83. The van der Waals surface area contributed by atoms with Gasteiger partial charge in [-0.05, 0) is 12.8 Å². The van der Waals surface area contributed by atoms with Gasteiger partial charge in [-0.25, -0.2) is 16.8 Å². The highest BCUT2D eigenvalue weighted by atomic mass is 32.3. The number of hydrogen-bond acceptors (Lipinski definition) is 6. The fraction of sp³-hybridized carbons (Fsp3) is 1.00. The molecule has 0 fully saturated rings. The molecule has 0 heterocycles. The minimum absolute atomic E-state index is 0.237. The van der Waals surface area contributed by atoms with E-state index < -0.39 is 53.3 Å². The van der Waals surface area contributed by atoms with Gasteiger partial charge < -0.3 is 5.21 Å². The number of hydroxylamine groups is 1. The van der Waals surface area contributed by atoms with Crippen molar-refractivity contribution < 1.29 is 48.4 Å². The Bertz CT molecular complexity index is 564. The van der Waals surface area contributed by atoms with Crippen molar-refractivity contribution in [1.29, 1.82) is 0 Å². The number of alkyl halides is 6. The average molecular weight is 396 g/mol. The topological polar surface area (TPSA) is 104 Å². The minimum Gasteiger partial charge on any atom is -0.315 e. The van der Waals surface area contributed by atoms with Crippen molar-refractivity contribution in [2.75, 3.05) is 0 Å². The van der Waals surface area contributed by atoms with E-state index in [9.17, 15) is 43.2 Å². The van der Waals surface area contributed by atoms with Crippen LogP contribution in [0.5, 0.6) is 0 Å². The van der Waals surface area contributed by atoms with Crippen molar-refractivity contribution in [3.8, 4) is 0 Å². The molecule has 0 radical (unpaired) electrons. The van der Waals surface area contributed by atoms with Gasteiger partial charge in [0.1, 0.15) is 5.66 Å². The number of halogens is 6. The maximum atomic E-state index is 12.7. The van der Waals surface area contributed by atoms with Crippen molar-refractivity contribution in [3.05, 3.63) is 0 Å². The van der Waals surface area contributed by atoms with Crippen LogP contribution in [-0.2, 0) is 20.0 Å². The fourth-order valence-electron chi connectivity index (χ4n) is 1.76. The maximum absolute atomic E-state index is 12.7. The van der Waals surface area contributed by atoms with Crippen molar-refractivity contribution >= 4 is 20.0 Å². The summed E-state index contributed by atoms with van der Waals surface area (Å²) >= 11 is 0. The smallest absolute Gasteiger partial charge is 0.315 e. The molecule has 0 aromatic carbocycles. The first-order valence-electron chi connectivity index (χ1n) is 5.89. The Hall–Kier alpha value is -0.640. The second-order valence-corrected chi connectivity index (χ2v) is 8.13. The predicted octanol–water partition coefficient (Wildman–Crippen LogP) is 1.87. The molecule has 0 aromatic rings. The molecule has 15 heteroatoms. The lowest BCUT2D eigenvalue weighted by Crippen LogP contribution is -2.65. The van der Waals surface area contributed by atoms with E-state index in [1.807, 2.05) is 0 Å². The second kappa shape index (κ2) is 6.70. The standard InChI is InChI=1S/C8H14F6N2O5S2/c1-3-5-6(4-2,15-17)16(22(18,19)7(9,10)11)23(20,21)8(12,13)14/h15,17H,3-5H2,1-2H3. The summed E-state index contributed by atoms with van der Waals surface area (Å²) in [6, 6.07) is 0. The highest BCUT2D eigenvalue weighted by Crippen LogP contribution is 2.41. The van der Waals surface area contributed by atoms with Crippen LogP contribution in [0.25, 0.3) is 0 Å². The monoisotopic (exact) mass is 396 g/mol. The molecule has 2 N–H and O–H groups in total. The normalized spacial score (nSPS) is 17.3. The van der Waals surface area contributed by atoms with Gasteiger partial charge in [0.15, 0.2) is 0 Å². The van der Waals surface area contributed by atoms with Gasteiger partial charge in [-0.2, -0.15) is 31.8 Å². The van der Waals surface area contributed by atoms with Gasteiger partial charge in [-0.15, -0.1) is 0 Å². The van der Waals surface area contributed by atoms with Crippen molar-refractivity contribution in [2.45, 2.75) is 49.8 Å². The summed E-state index contributed by atoms with van der Waals surface area (Å²) in [6.45, 7) is 2.14. The Balaban J connectivity index is 6.84. The molecule has 0 saturated heterocycles. The summed E-state index contributed by atoms with van der Waals surface area (Å²) in [4.78, 5) is 0. The van der Waals surface area contributed by atoms with Crippen molar-refractivity contribution in [2.24, 2.45) is 0 Å². The lowest BCUT2D eigenvalue weighted by molar-refractivity contribution is -0.0672. The minimum atomic E-state index is -6.98. The lowest BCUT2D eigenvalue weighted by Gasteiger charge is -2.40. The fourth-order valence-corrected chi connectivity index (χ4v) is 5.12. The Labute approximate surface area is 128 Å². The Morgan fingerprint density at radius 1 is 0.913 bits per heavy atom. The van der Waals surface area contributed by atoms with E-state index in [0.29, 0.717) is 0 Å². The van der Waals surface area contributed by atoms with Crippen LogP contribution in [0.15, 0.2) is 0 Å². The first-order chi connectivity index (χ1) is 10.0. The maximum Gasteiger partial charge on any atom is 0.512 e. The summed E-state index contributed by atoms with van der Waals surface area (Å²) < 4.78 is 120. The van der Waals surface area contributed by atoms with Crippen LogP contribution in [0.2, 0.25) is 0 Å². The van der Waals surface area contributed by atoms with Gasteiger partial charge in [0.2, 0.25) is 0 Å². The van der Waals surface area contributed by atoms with Crippen LogP contribution in [-0.4, -0.2) is 42.4 Å². The Kier molecular flexibility index (Phi) is 6.51. The summed E-state index contributed by atoms with van der Waals surface area (Å²) in [5.41, 5.74) is -14.7. The number of sulfonamides is 2. The van der Waals surface area contributed by atoms with Gasteiger partial charge in [-0.1, -0.05) is 24.0 Å². The molecule has 23 heavy (non-hydrogen) atoms. The third-order valence-corrected chi connectivity index (χ3v) is 6.75. The average Bonchev–Trinajstić information content (AvgIpc) is 2.34. The summed E-state index contributed by atoms with van der Waals surface area (Å²) in [5, 5.41) is 8.98. The second-order valence-electron chi connectivity index (χ2n) is 4.35. The molecular formula is C8H14F6N2O5S2. The molecule has 1 atom stereocenters. The first kappa shape index (κ1) is 22.4. The van der Waals surface area contributed by atoms with Crippen molar-refractivity contribution in [1.82, 2.24) is 9.19 Å². The summed E-state index contributed by atoms with van der Waals surface area (Å²) in [5.74, 6) is 0. The SMILES string of the molecule is CCCC(CC)(NO)N(S(=O)(=O)C(F)(F)F)S(=O)(=O)C(F)(F)F. The van der Waals surface area contributed by atoms with Gasteiger partial charge in [0, 0.05) is 0 Å². The zero-order valence-corrected chi connectivity index (χ0v) is 13.4. The highest BCUT2D eigenvalue weighted by molar-refractivity contribution is 8.04. The van der Waals surface area contributed by atoms with E-state index in [4.69, 9.17) is 5.21 Å². The molecule has 0 saturated carbocycles. The van der Waals surface area contributed by atoms with E-state index in [0.717, 1.165) is 12.4 Å². The molecule has 140 valence electrons. The van der Waals surface area contributed by atoms with Crippen molar-refractivity contribution in [3.63, 3.8) is 0 Å². The number of rotatable bonds is 7. The van der Waals surface area contributed by atoms with E-state index >= 15 is 0 Å². The highest BCUT2D eigenvalue weighted by Gasteiger charge is 2.67. The van der Waals surface area contributed by atoms with E-state index in [1.165, 1.54) is 6.92 Å². The third kappa shape index (κ3) is 3.89. The first-order valence-corrected chi connectivity index (χ1v) is 8.77. The lowest BCUT2D eigenvalue weighted by atomic mass is 10.0. The van der Waals surface area contributed by atoms with E-state index in [-0.39, 0.29) is 6.42 Å². The van der Waals surface area contributed by atoms with Gasteiger partial charge in [0.25, 0.3) is 0 Å². The molecule has 7 nitrogen and oxygen atoms in total. The largest absolute Gasteiger partial charge is 0.512 e. The van der Waals surface area contributed by atoms with E-state index in [1.54, 1.807) is 0 Å². The molecule has 0 spiro atoms. The number of nitrogens with zero attached hydrogens (tertiary/aromatic N) is 1. The van der Waals surface area contributed by atoms with Gasteiger partial charge in [-0.3, -0.25) is 0 Å². The molecular weight excluding hydrogens is 382 g/mol. The number of hydrogen-bond donors (Lipinski definition) is 2. The molecule has 0 aliphatic carbocycles. The Morgan fingerprint density at radius 3 is 1.43 bits per heavy atom. The molecule has 0 rings (SSSR count). The summed E-state index contributed by atoms with van der Waals surface area (Å²) in [7, 11) is -14.0. The van der Waals surface area contributed by atoms with Crippen LogP contribution in [0, 0.1) is 0 Å². The predicted molar refractivity (Wildman–Crippen MR) is 64.6 cm³/mol. The van der Waals surface area contributed by atoms with Crippen LogP contribution in [0.1, 0.15) is 33.1 Å². The number of nitrogens with one attached hydrogen (secondary N) is 1. The molecule has 0 aliphatic rings. The van der Waals surface area contributed by atoms with Crippen LogP contribution in [0.4, 0.5) is 26.3 Å². The zero-order valence-electron chi connectivity index (χ0n) is 11.7. The Morgan fingerprint density at radius 2 is 1.26 bits per heavy atom. The van der Waals surface area contributed by atoms with Crippen LogP contribution >= 0.6 is 0 Å². The van der Waals surface area contributed by atoms with Crippen LogP contribution in [0.3, 0.4) is 0 Å². The quantitative estimate of drug-likeness (QED) is 0.387. The molecule has 1 unspecified atom stereocenters.